The van der Waals surface area contributed by atoms with Crippen LogP contribution in [-0.4, -0.2) is 58.1 Å². The monoisotopic (exact) mass is 355 g/mol. The van der Waals surface area contributed by atoms with E-state index >= 15 is 0 Å². The summed E-state index contributed by atoms with van der Waals surface area (Å²) >= 11 is 0. The molecule has 26 heavy (non-hydrogen) atoms. The van der Waals surface area contributed by atoms with Crippen molar-refractivity contribution in [1.82, 2.24) is 14.7 Å². The second-order valence-corrected chi connectivity index (χ2v) is 7.96. The van der Waals surface area contributed by atoms with Crippen molar-refractivity contribution in [2.75, 3.05) is 26.3 Å². The lowest BCUT2D eigenvalue weighted by Crippen LogP contribution is -2.61. The smallest absolute Gasteiger partial charge is 0.254 e. The second-order valence-electron chi connectivity index (χ2n) is 7.96. The molecular weight excluding hydrogens is 330 g/mol. The Hall–Kier alpha value is -2.18. The highest BCUT2D eigenvalue weighted by Gasteiger charge is 2.48. The fourth-order valence-electron chi connectivity index (χ4n) is 4.09. The lowest BCUT2D eigenvalue weighted by molar-refractivity contribution is -0.186. The van der Waals surface area contributed by atoms with Gasteiger partial charge >= 0.3 is 0 Å². The topological polar surface area (TPSA) is 56.6 Å². The maximum atomic E-state index is 13.2. The summed E-state index contributed by atoms with van der Waals surface area (Å²) in [7, 11) is 0. The van der Waals surface area contributed by atoms with Crippen LogP contribution in [0.4, 0.5) is 0 Å². The second kappa shape index (κ2) is 6.21. The van der Waals surface area contributed by atoms with E-state index in [-0.39, 0.29) is 17.1 Å². The van der Waals surface area contributed by atoms with E-state index in [1.54, 1.807) is 6.20 Å². The van der Waals surface area contributed by atoms with Gasteiger partial charge in [-0.25, -0.2) is 4.68 Å². The Kier molecular flexibility index (Phi) is 4.12. The Bertz CT molecular complexity index is 808. The van der Waals surface area contributed by atoms with Gasteiger partial charge < -0.3 is 14.4 Å². The molecule has 1 unspecified atom stereocenters. The van der Waals surface area contributed by atoms with E-state index in [4.69, 9.17) is 9.47 Å². The third kappa shape index (κ3) is 3.15. The maximum Gasteiger partial charge on any atom is 0.254 e. The molecule has 0 saturated carbocycles. The van der Waals surface area contributed by atoms with Gasteiger partial charge in [-0.15, -0.1) is 0 Å². The molecule has 2 aliphatic rings. The van der Waals surface area contributed by atoms with Crippen molar-refractivity contribution < 1.29 is 14.3 Å². The number of hydrogen-bond acceptors (Lipinski definition) is 4. The fourth-order valence-corrected chi connectivity index (χ4v) is 4.09. The van der Waals surface area contributed by atoms with Gasteiger partial charge in [0.25, 0.3) is 5.91 Å². The van der Waals surface area contributed by atoms with Gasteiger partial charge in [-0.3, -0.25) is 4.79 Å². The summed E-state index contributed by atoms with van der Waals surface area (Å²) in [5, 5.41) is 4.27. The number of morpholine rings is 1. The van der Waals surface area contributed by atoms with Gasteiger partial charge in [-0.05, 0) is 50.6 Å². The number of nitrogens with zero attached hydrogens (tertiary/aromatic N) is 3. The summed E-state index contributed by atoms with van der Waals surface area (Å²) in [5.74, 6) is 0.0442. The molecule has 1 aromatic heterocycles. The van der Waals surface area contributed by atoms with Crippen molar-refractivity contribution in [3.63, 3.8) is 0 Å². The molecular formula is C20H25N3O3. The molecule has 2 aromatic rings. The summed E-state index contributed by atoms with van der Waals surface area (Å²) in [4.78, 5) is 15.1. The van der Waals surface area contributed by atoms with Gasteiger partial charge in [-0.2, -0.15) is 5.10 Å². The molecule has 1 spiro atoms. The number of ether oxygens (including phenoxy) is 2. The molecule has 0 aliphatic carbocycles. The average molecular weight is 355 g/mol. The van der Waals surface area contributed by atoms with Crippen LogP contribution in [0.1, 0.15) is 36.2 Å². The highest BCUT2D eigenvalue weighted by molar-refractivity contribution is 5.95. The quantitative estimate of drug-likeness (QED) is 0.831. The van der Waals surface area contributed by atoms with E-state index in [1.807, 2.05) is 60.8 Å². The van der Waals surface area contributed by atoms with Crippen LogP contribution in [0, 0.1) is 6.92 Å². The Balaban J connectivity index is 1.59. The number of carbonyl (C=O) groups is 1. The Labute approximate surface area is 153 Å². The molecule has 1 aromatic carbocycles. The normalized spacial score (nSPS) is 25.0. The number of carbonyl (C=O) groups excluding carboxylic acids is 1. The van der Waals surface area contributed by atoms with Gasteiger partial charge in [0.05, 0.1) is 24.4 Å². The molecule has 6 nitrogen and oxygen atoms in total. The van der Waals surface area contributed by atoms with Crippen LogP contribution in [0.2, 0.25) is 0 Å². The first-order valence-corrected chi connectivity index (χ1v) is 9.05. The predicted molar refractivity (Wildman–Crippen MR) is 97.5 cm³/mol. The molecule has 2 saturated heterocycles. The Morgan fingerprint density at radius 2 is 2.12 bits per heavy atom. The minimum atomic E-state index is -0.383. The van der Waals surface area contributed by atoms with Crippen LogP contribution in [-0.2, 0) is 9.47 Å². The first-order valence-electron chi connectivity index (χ1n) is 9.05. The largest absolute Gasteiger partial charge is 0.378 e. The zero-order valence-electron chi connectivity index (χ0n) is 15.6. The molecule has 2 aliphatic heterocycles. The fraction of sp³-hybridized carbons (Fsp3) is 0.500. The van der Waals surface area contributed by atoms with Crippen LogP contribution in [0.25, 0.3) is 5.69 Å². The molecule has 0 N–H and O–H groups in total. The number of benzene rings is 1. The van der Waals surface area contributed by atoms with E-state index < -0.39 is 0 Å². The van der Waals surface area contributed by atoms with E-state index in [9.17, 15) is 4.79 Å². The zero-order chi connectivity index (χ0) is 18.4. The maximum absolute atomic E-state index is 13.2. The number of aromatic nitrogens is 2. The van der Waals surface area contributed by atoms with Gasteiger partial charge in [0.1, 0.15) is 5.60 Å². The summed E-state index contributed by atoms with van der Waals surface area (Å²) in [5.41, 5.74) is 1.94. The van der Waals surface area contributed by atoms with Gasteiger partial charge in [0, 0.05) is 37.5 Å². The van der Waals surface area contributed by atoms with Crippen molar-refractivity contribution in [3.8, 4) is 5.69 Å². The Morgan fingerprint density at radius 3 is 2.77 bits per heavy atom. The third-order valence-electron chi connectivity index (χ3n) is 5.09. The predicted octanol–water partition coefficient (Wildman–Crippen LogP) is 2.59. The summed E-state index contributed by atoms with van der Waals surface area (Å²) < 4.78 is 13.7. The first-order chi connectivity index (χ1) is 12.4. The van der Waals surface area contributed by atoms with Crippen LogP contribution < -0.4 is 0 Å². The highest BCUT2D eigenvalue weighted by Crippen LogP contribution is 2.35. The van der Waals surface area contributed by atoms with Gasteiger partial charge in [0.2, 0.25) is 0 Å². The van der Waals surface area contributed by atoms with E-state index in [0.29, 0.717) is 31.9 Å². The minimum Gasteiger partial charge on any atom is -0.378 e. The SMILES string of the molecule is Cc1cc(C(=O)N2CC(C)(C)OC3(CCOC3)C2)ccc1-n1cccn1. The van der Waals surface area contributed by atoms with Crippen molar-refractivity contribution >= 4 is 5.91 Å². The molecule has 6 heteroatoms. The van der Waals surface area contributed by atoms with Crippen LogP contribution in [0.3, 0.4) is 0 Å². The minimum absolute atomic E-state index is 0.0442. The highest BCUT2D eigenvalue weighted by atomic mass is 16.6. The van der Waals surface area contributed by atoms with Crippen molar-refractivity contribution in [3.05, 3.63) is 47.8 Å². The molecule has 1 amide bonds. The molecule has 1 atom stereocenters. The Morgan fingerprint density at radius 1 is 1.27 bits per heavy atom. The van der Waals surface area contributed by atoms with Crippen molar-refractivity contribution in [2.45, 2.75) is 38.4 Å². The standard InChI is InChI=1S/C20H25N3O3/c1-15-11-16(5-6-17(15)23-9-4-8-21-23)18(24)22-12-19(2,3)26-20(13-22)7-10-25-14-20/h4-6,8-9,11H,7,10,12-14H2,1-3H3. The van der Waals surface area contributed by atoms with E-state index in [2.05, 4.69) is 5.10 Å². The summed E-state index contributed by atoms with van der Waals surface area (Å²) in [6, 6.07) is 7.67. The summed E-state index contributed by atoms with van der Waals surface area (Å²) in [6.07, 6.45) is 4.48. The van der Waals surface area contributed by atoms with Crippen LogP contribution in [0.15, 0.2) is 36.7 Å². The molecule has 2 fully saturated rings. The average Bonchev–Trinajstić information content (AvgIpc) is 3.25. The van der Waals surface area contributed by atoms with Crippen molar-refractivity contribution in [2.24, 2.45) is 0 Å². The van der Waals surface area contributed by atoms with E-state index in [0.717, 1.165) is 17.7 Å². The number of hydrogen-bond donors (Lipinski definition) is 0. The number of rotatable bonds is 2. The zero-order valence-corrected chi connectivity index (χ0v) is 15.6. The number of amides is 1. The molecule has 3 heterocycles. The lowest BCUT2D eigenvalue weighted by Gasteiger charge is -2.48. The van der Waals surface area contributed by atoms with Gasteiger partial charge in [-0.1, -0.05) is 0 Å². The van der Waals surface area contributed by atoms with E-state index in [1.165, 1.54) is 0 Å². The van der Waals surface area contributed by atoms with Crippen LogP contribution in [0.5, 0.6) is 0 Å². The molecule has 4 rings (SSSR count). The summed E-state index contributed by atoms with van der Waals surface area (Å²) in [6.45, 7) is 8.48. The lowest BCUT2D eigenvalue weighted by atomic mass is 9.94. The third-order valence-corrected chi connectivity index (χ3v) is 5.09. The molecule has 0 bridgehead atoms. The van der Waals surface area contributed by atoms with Gasteiger partial charge in [0.15, 0.2) is 0 Å². The first kappa shape index (κ1) is 17.2. The number of aryl methyl sites for hydroxylation is 1. The van der Waals surface area contributed by atoms with Crippen molar-refractivity contribution in [1.29, 1.82) is 0 Å². The van der Waals surface area contributed by atoms with Crippen LogP contribution >= 0.6 is 0 Å². The molecule has 138 valence electrons. The molecule has 0 radical (unpaired) electrons.